The predicted octanol–water partition coefficient (Wildman–Crippen LogP) is 4.04. The van der Waals surface area contributed by atoms with E-state index in [1.807, 2.05) is 11.6 Å². The first-order valence-electron chi connectivity index (χ1n) is 9.00. The number of nitrogens with zero attached hydrogens (tertiary/aromatic N) is 3. The number of carbonyl (C=O) groups is 1. The Bertz CT molecular complexity index is 1060. The number of rotatable bonds is 5. The first-order valence-corrected chi connectivity index (χ1v) is 9.38. The second kappa shape index (κ2) is 7.46. The standard InChI is InChI=1S/C20H19ClFN5O2/c1-27-17(15-8-7-14(11-16(15)21)23-19(28)26-29-2)24-25-18(27)20(9-10-20)12-3-5-13(22)6-4-12/h3-8,11H,9-10H2,1-2H3,(H2,23,26,28). The second-order valence-electron chi connectivity index (χ2n) is 6.95. The van der Waals surface area contributed by atoms with E-state index in [9.17, 15) is 9.18 Å². The van der Waals surface area contributed by atoms with Crippen LogP contribution >= 0.6 is 11.6 Å². The number of hydrogen-bond donors (Lipinski definition) is 2. The molecule has 1 fully saturated rings. The summed E-state index contributed by atoms with van der Waals surface area (Å²) in [6.07, 6.45) is 1.85. The van der Waals surface area contributed by atoms with Gasteiger partial charge in [0.05, 0.1) is 17.5 Å². The second-order valence-corrected chi connectivity index (χ2v) is 7.36. The number of halogens is 2. The first kappa shape index (κ1) is 19.4. The molecule has 0 spiro atoms. The van der Waals surface area contributed by atoms with E-state index in [1.165, 1.54) is 19.2 Å². The van der Waals surface area contributed by atoms with Crippen LogP contribution in [0.15, 0.2) is 42.5 Å². The van der Waals surface area contributed by atoms with Gasteiger partial charge in [-0.3, -0.25) is 4.84 Å². The number of amides is 2. The van der Waals surface area contributed by atoms with Crippen molar-refractivity contribution in [1.29, 1.82) is 0 Å². The van der Waals surface area contributed by atoms with Gasteiger partial charge >= 0.3 is 6.03 Å². The maximum absolute atomic E-state index is 13.3. The fraction of sp³-hybridized carbons (Fsp3) is 0.250. The lowest BCUT2D eigenvalue weighted by Crippen LogP contribution is -2.27. The lowest BCUT2D eigenvalue weighted by Gasteiger charge is -2.16. The minimum absolute atomic E-state index is 0.250. The molecule has 0 unspecified atom stereocenters. The van der Waals surface area contributed by atoms with Crippen LogP contribution in [0, 0.1) is 5.82 Å². The minimum Gasteiger partial charge on any atom is -0.313 e. The van der Waals surface area contributed by atoms with Crippen LogP contribution in [0.3, 0.4) is 0 Å². The number of urea groups is 1. The van der Waals surface area contributed by atoms with Crippen molar-refractivity contribution in [2.24, 2.45) is 7.05 Å². The zero-order valence-electron chi connectivity index (χ0n) is 15.9. The fourth-order valence-corrected chi connectivity index (χ4v) is 3.80. The van der Waals surface area contributed by atoms with E-state index in [0.717, 1.165) is 24.2 Å². The molecular formula is C20H19ClFN5O2. The zero-order valence-corrected chi connectivity index (χ0v) is 16.6. The number of hydrogen-bond acceptors (Lipinski definition) is 4. The highest BCUT2D eigenvalue weighted by Crippen LogP contribution is 2.53. The van der Waals surface area contributed by atoms with Crippen molar-refractivity contribution < 1.29 is 14.0 Å². The summed E-state index contributed by atoms with van der Waals surface area (Å²) in [6, 6.07) is 11.2. The molecule has 1 heterocycles. The van der Waals surface area contributed by atoms with Crippen LogP contribution in [0.1, 0.15) is 24.2 Å². The van der Waals surface area contributed by atoms with E-state index in [4.69, 9.17) is 11.6 Å². The Balaban J connectivity index is 1.64. The normalized spacial score (nSPS) is 14.5. The number of anilines is 1. The van der Waals surface area contributed by atoms with E-state index in [-0.39, 0.29) is 11.2 Å². The molecule has 29 heavy (non-hydrogen) atoms. The molecule has 0 atom stereocenters. The van der Waals surface area contributed by atoms with Crippen LogP contribution in [-0.2, 0) is 17.3 Å². The molecule has 2 amide bonds. The quantitative estimate of drug-likeness (QED) is 0.616. The maximum atomic E-state index is 13.3. The summed E-state index contributed by atoms with van der Waals surface area (Å²) in [5.74, 6) is 1.17. The van der Waals surface area contributed by atoms with Crippen molar-refractivity contribution in [2.45, 2.75) is 18.3 Å². The third kappa shape index (κ3) is 3.56. The Kier molecular flexibility index (Phi) is 4.97. The molecule has 4 rings (SSSR count). The maximum Gasteiger partial charge on any atom is 0.343 e. The first-order chi connectivity index (χ1) is 13.9. The summed E-state index contributed by atoms with van der Waals surface area (Å²) in [5.41, 5.74) is 4.15. The van der Waals surface area contributed by atoms with Crippen LogP contribution < -0.4 is 10.8 Å². The van der Waals surface area contributed by atoms with Gasteiger partial charge in [-0.2, -0.15) is 0 Å². The highest BCUT2D eigenvalue weighted by molar-refractivity contribution is 6.33. The smallest absolute Gasteiger partial charge is 0.313 e. The molecule has 3 aromatic rings. The van der Waals surface area contributed by atoms with Crippen molar-refractivity contribution >= 4 is 23.3 Å². The number of aromatic nitrogens is 3. The van der Waals surface area contributed by atoms with Crippen LogP contribution in [0.25, 0.3) is 11.4 Å². The monoisotopic (exact) mass is 415 g/mol. The van der Waals surface area contributed by atoms with E-state index in [0.29, 0.717) is 22.1 Å². The Labute approximate surface area is 171 Å². The molecule has 9 heteroatoms. The minimum atomic E-state index is -0.507. The summed E-state index contributed by atoms with van der Waals surface area (Å²) in [4.78, 5) is 16.1. The van der Waals surface area contributed by atoms with E-state index < -0.39 is 6.03 Å². The summed E-state index contributed by atoms with van der Waals surface area (Å²) < 4.78 is 15.2. The van der Waals surface area contributed by atoms with Crippen molar-refractivity contribution in [3.05, 3.63) is 64.7 Å². The van der Waals surface area contributed by atoms with Gasteiger partial charge in [0, 0.05) is 18.3 Å². The van der Waals surface area contributed by atoms with Crippen LogP contribution in [-0.4, -0.2) is 27.9 Å². The average molecular weight is 416 g/mol. The lowest BCUT2D eigenvalue weighted by atomic mass is 9.95. The molecule has 1 aromatic heterocycles. The average Bonchev–Trinajstić information content (AvgIpc) is 3.40. The van der Waals surface area contributed by atoms with Crippen LogP contribution in [0.2, 0.25) is 5.02 Å². The molecule has 2 N–H and O–H groups in total. The van der Waals surface area contributed by atoms with Crippen molar-refractivity contribution in [1.82, 2.24) is 20.2 Å². The van der Waals surface area contributed by atoms with Gasteiger partial charge in [-0.25, -0.2) is 14.7 Å². The molecule has 150 valence electrons. The lowest BCUT2D eigenvalue weighted by molar-refractivity contribution is 0.114. The zero-order chi connectivity index (χ0) is 20.6. The van der Waals surface area contributed by atoms with Gasteiger partial charge in [-0.1, -0.05) is 23.7 Å². The van der Waals surface area contributed by atoms with E-state index in [1.54, 1.807) is 30.3 Å². The Morgan fingerprint density at radius 2 is 1.93 bits per heavy atom. The Hall–Kier alpha value is -2.97. The molecule has 1 aliphatic rings. The van der Waals surface area contributed by atoms with E-state index in [2.05, 4.69) is 25.8 Å². The van der Waals surface area contributed by atoms with Gasteiger partial charge in [0.2, 0.25) is 0 Å². The van der Waals surface area contributed by atoms with Gasteiger partial charge in [-0.15, -0.1) is 10.2 Å². The topological polar surface area (TPSA) is 81.1 Å². The summed E-state index contributed by atoms with van der Waals surface area (Å²) in [7, 11) is 3.24. The fourth-order valence-electron chi connectivity index (χ4n) is 3.54. The summed E-state index contributed by atoms with van der Waals surface area (Å²) in [5, 5.41) is 11.8. The summed E-state index contributed by atoms with van der Waals surface area (Å²) >= 11 is 6.44. The van der Waals surface area contributed by atoms with Gasteiger partial charge in [0.25, 0.3) is 0 Å². The Morgan fingerprint density at radius 3 is 2.55 bits per heavy atom. The van der Waals surface area contributed by atoms with Crippen molar-refractivity contribution in [3.8, 4) is 11.4 Å². The summed E-state index contributed by atoms with van der Waals surface area (Å²) in [6.45, 7) is 0. The molecule has 7 nitrogen and oxygen atoms in total. The molecule has 0 saturated heterocycles. The van der Waals surface area contributed by atoms with Crippen LogP contribution in [0.4, 0.5) is 14.9 Å². The van der Waals surface area contributed by atoms with Gasteiger partial charge < -0.3 is 9.88 Å². The number of carbonyl (C=O) groups excluding carboxylic acids is 1. The number of nitrogens with one attached hydrogen (secondary N) is 2. The molecule has 0 aliphatic heterocycles. The molecule has 0 radical (unpaired) electrons. The van der Waals surface area contributed by atoms with E-state index >= 15 is 0 Å². The van der Waals surface area contributed by atoms with Gasteiger partial charge in [-0.05, 0) is 48.7 Å². The molecule has 1 aliphatic carbocycles. The predicted molar refractivity (Wildman–Crippen MR) is 107 cm³/mol. The largest absolute Gasteiger partial charge is 0.343 e. The Morgan fingerprint density at radius 1 is 1.21 bits per heavy atom. The molecule has 2 aromatic carbocycles. The highest BCUT2D eigenvalue weighted by Gasteiger charge is 2.50. The molecule has 0 bridgehead atoms. The number of benzene rings is 2. The third-order valence-corrected chi connectivity index (χ3v) is 5.43. The van der Waals surface area contributed by atoms with Crippen LogP contribution in [0.5, 0.6) is 0 Å². The van der Waals surface area contributed by atoms with Gasteiger partial charge in [0.15, 0.2) is 5.82 Å². The highest BCUT2D eigenvalue weighted by atomic mass is 35.5. The third-order valence-electron chi connectivity index (χ3n) is 5.11. The molecule has 1 saturated carbocycles. The SMILES string of the molecule is CONC(=O)Nc1ccc(-c2nnc(C3(c4ccc(F)cc4)CC3)n2C)c(Cl)c1. The van der Waals surface area contributed by atoms with Gasteiger partial charge in [0.1, 0.15) is 11.6 Å². The molecular weight excluding hydrogens is 397 g/mol. The van der Waals surface area contributed by atoms with Crippen molar-refractivity contribution in [3.63, 3.8) is 0 Å². The number of hydroxylamine groups is 1. The van der Waals surface area contributed by atoms with Crippen molar-refractivity contribution in [2.75, 3.05) is 12.4 Å².